The number of ether oxygens (including phenoxy) is 1. The first kappa shape index (κ1) is 44.3. The van der Waals surface area contributed by atoms with Crippen molar-refractivity contribution in [3.63, 3.8) is 0 Å². The number of benzene rings is 1. The summed E-state index contributed by atoms with van der Waals surface area (Å²) in [5, 5.41) is 19.4. The van der Waals surface area contributed by atoms with Crippen molar-refractivity contribution in [2.75, 3.05) is 27.5 Å². The van der Waals surface area contributed by atoms with Crippen LogP contribution in [0.15, 0.2) is 56.2 Å². The van der Waals surface area contributed by atoms with Crippen LogP contribution >= 0.6 is 0 Å². The molecular weight excluding hydrogens is 690 g/mol. The number of hydrogen-bond donors (Lipinski definition) is 2. The summed E-state index contributed by atoms with van der Waals surface area (Å²) in [5.41, 5.74) is -3.11. The Kier molecular flexibility index (Phi) is 16.6. The van der Waals surface area contributed by atoms with Crippen molar-refractivity contribution >= 4 is 33.7 Å². The minimum atomic E-state index is -3.20. The van der Waals surface area contributed by atoms with Crippen LogP contribution in [0.1, 0.15) is 63.7 Å². The Morgan fingerprint density at radius 3 is 1.51 bits per heavy atom. The quantitative estimate of drug-likeness (QED) is 0.174. The largest absolute Gasteiger partial charge is 0.465 e. The van der Waals surface area contributed by atoms with Crippen LogP contribution in [0.4, 0.5) is 4.79 Å². The third-order valence-corrected chi connectivity index (χ3v) is 9.47. The first-order valence-corrected chi connectivity index (χ1v) is 18.0. The van der Waals surface area contributed by atoms with Gasteiger partial charge in [0.1, 0.15) is 5.41 Å². The number of esters is 1. The molecule has 1 fully saturated rings. The van der Waals surface area contributed by atoms with E-state index < -0.39 is 56.5 Å². The van der Waals surface area contributed by atoms with Gasteiger partial charge in [0.05, 0.1) is 49.4 Å². The van der Waals surface area contributed by atoms with Gasteiger partial charge in [-0.25, -0.2) is 46.1 Å². The van der Waals surface area contributed by atoms with Gasteiger partial charge in [0.15, 0.2) is 9.84 Å². The molecule has 4 amide bonds. The number of amides is 4. The van der Waals surface area contributed by atoms with E-state index in [1.165, 1.54) is 51.5 Å². The van der Waals surface area contributed by atoms with Crippen molar-refractivity contribution in [2.45, 2.75) is 90.1 Å². The fourth-order valence-electron chi connectivity index (χ4n) is 4.90. The molecule has 1 aromatic carbocycles. The number of nitrogens with zero attached hydrogens (tertiary/aromatic N) is 5. The summed E-state index contributed by atoms with van der Waals surface area (Å²) in [6.07, 6.45) is 2.31. The van der Waals surface area contributed by atoms with E-state index >= 15 is 0 Å². The standard InChI is InChI=1S/C14H23N3O5.C10H16N2O3.C9H10O4S/c1-4-7-15-12(20)16(8-10(18)5-2)14(22)17(13(15)21)9-11(19)6-3;1-5-10(6-2)7(13)11(3)9(15)12(4)8(10)14;1-13-9(10)7-3-5-8(6-4-7)14(2,11)12/h4,10-11,18-19H,1,5-9H2,2-3H3;5-6H2,1-4H3;3-6H,1-2H3. The number of aliphatic hydroxyl groups is 2. The normalized spacial score (nSPS) is 15.2. The maximum atomic E-state index is 12.3. The molecule has 1 aliphatic rings. The van der Waals surface area contributed by atoms with Gasteiger partial charge in [-0.2, -0.15) is 0 Å². The number of urea groups is 1. The molecule has 17 nitrogen and oxygen atoms in total. The van der Waals surface area contributed by atoms with Gasteiger partial charge in [0, 0.05) is 20.4 Å². The van der Waals surface area contributed by atoms with Crippen LogP contribution in [0.3, 0.4) is 0 Å². The lowest BCUT2D eigenvalue weighted by atomic mass is 9.78. The predicted octanol–water partition coefficient (Wildman–Crippen LogP) is 0.619. The molecule has 0 saturated carbocycles. The summed E-state index contributed by atoms with van der Waals surface area (Å²) in [6, 6.07) is 5.04. The van der Waals surface area contributed by atoms with E-state index in [2.05, 4.69) is 11.3 Å². The Balaban J connectivity index is 0.000000396. The van der Waals surface area contributed by atoms with Gasteiger partial charge in [-0.3, -0.25) is 19.4 Å². The number of imide groups is 2. The highest BCUT2D eigenvalue weighted by Gasteiger charge is 2.52. The van der Waals surface area contributed by atoms with Crippen molar-refractivity contribution in [1.29, 1.82) is 0 Å². The molecule has 1 saturated heterocycles. The minimum absolute atomic E-state index is 0.0532. The Labute approximate surface area is 296 Å². The number of aliphatic hydroxyl groups excluding tert-OH is 2. The third-order valence-electron chi connectivity index (χ3n) is 8.34. The van der Waals surface area contributed by atoms with Gasteiger partial charge < -0.3 is 14.9 Å². The molecular formula is C33H49N5O12S. The molecule has 2 unspecified atom stereocenters. The molecule has 0 radical (unpaired) electrons. The molecule has 2 atom stereocenters. The number of aromatic nitrogens is 3. The van der Waals surface area contributed by atoms with Crippen LogP contribution in [0.25, 0.3) is 0 Å². The lowest BCUT2D eigenvalue weighted by Gasteiger charge is -2.40. The van der Waals surface area contributed by atoms with E-state index in [1.807, 2.05) is 0 Å². The zero-order valence-electron chi connectivity index (χ0n) is 30.3. The Bertz CT molecular complexity index is 1780. The van der Waals surface area contributed by atoms with E-state index in [0.717, 1.165) is 29.8 Å². The molecule has 3 rings (SSSR count). The van der Waals surface area contributed by atoms with Gasteiger partial charge in [-0.05, 0) is 49.9 Å². The number of methoxy groups -OCH3 is 1. The molecule has 1 aromatic heterocycles. The summed E-state index contributed by atoms with van der Waals surface area (Å²) in [7, 11) is 0.887. The smallest absolute Gasteiger partial charge is 0.337 e. The lowest BCUT2D eigenvalue weighted by Crippen LogP contribution is -2.62. The number of barbiturate groups is 1. The zero-order chi connectivity index (χ0) is 39.4. The summed E-state index contributed by atoms with van der Waals surface area (Å²) >= 11 is 0. The maximum absolute atomic E-state index is 12.3. The maximum Gasteiger partial charge on any atom is 0.337 e. The second kappa shape index (κ2) is 19.1. The molecule has 0 bridgehead atoms. The van der Waals surface area contributed by atoms with E-state index in [4.69, 9.17) is 0 Å². The fourth-order valence-corrected chi connectivity index (χ4v) is 5.53. The van der Waals surface area contributed by atoms with Crippen LogP contribution in [0.5, 0.6) is 0 Å². The molecule has 51 heavy (non-hydrogen) atoms. The van der Waals surface area contributed by atoms with Crippen LogP contribution in [0, 0.1) is 5.41 Å². The Hall–Kier alpha value is -4.68. The van der Waals surface area contributed by atoms with Crippen molar-refractivity contribution in [3.8, 4) is 0 Å². The monoisotopic (exact) mass is 739 g/mol. The van der Waals surface area contributed by atoms with Crippen molar-refractivity contribution in [3.05, 3.63) is 73.9 Å². The zero-order valence-corrected chi connectivity index (χ0v) is 31.1. The van der Waals surface area contributed by atoms with E-state index in [-0.39, 0.29) is 36.3 Å². The molecule has 2 heterocycles. The topological polar surface area (TPSA) is 225 Å². The van der Waals surface area contributed by atoms with Crippen LogP contribution < -0.4 is 17.1 Å². The second-order valence-electron chi connectivity index (χ2n) is 11.7. The fraction of sp³-hybridized carbons (Fsp3) is 0.545. The number of carbonyl (C=O) groups excluding carboxylic acids is 4. The van der Waals surface area contributed by atoms with Gasteiger partial charge in [-0.15, -0.1) is 6.58 Å². The van der Waals surface area contributed by atoms with Crippen LogP contribution in [-0.4, -0.2) is 106 Å². The highest BCUT2D eigenvalue weighted by atomic mass is 32.2. The number of rotatable bonds is 12. The molecule has 0 spiro atoms. The van der Waals surface area contributed by atoms with E-state index in [1.54, 1.807) is 27.7 Å². The van der Waals surface area contributed by atoms with Gasteiger partial charge >= 0.3 is 29.1 Å². The number of allylic oxidation sites excluding steroid dienone is 1. The molecule has 2 N–H and O–H groups in total. The highest BCUT2D eigenvalue weighted by Crippen LogP contribution is 2.34. The minimum Gasteiger partial charge on any atom is -0.465 e. The molecule has 2 aromatic rings. The second-order valence-corrected chi connectivity index (χ2v) is 13.7. The van der Waals surface area contributed by atoms with Crippen LogP contribution in [0.2, 0.25) is 0 Å². The average Bonchev–Trinajstić information content (AvgIpc) is 3.12. The number of carbonyl (C=O) groups is 4. The van der Waals surface area contributed by atoms with Gasteiger partial charge in [-0.1, -0.05) is 33.8 Å². The Morgan fingerprint density at radius 1 is 0.804 bits per heavy atom. The van der Waals surface area contributed by atoms with E-state index in [0.29, 0.717) is 31.2 Å². The summed E-state index contributed by atoms with van der Waals surface area (Å²) in [5.74, 6) is -1.26. The summed E-state index contributed by atoms with van der Waals surface area (Å²) in [6.45, 7) is 10.0. The predicted molar refractivity (Wildman–Crippen MR) is 187 cm³/mol. The van der Waals surface area contributed by atoms with Gasteiger partial charge in [0.2, 0.25) is 11.8 Å². The van der Waals surface area contributed by atoms with Crippen molar-refractivity contribution in [1.82, 2.24) is 23.5 Å². The third kappa shape index (κ3) is 10.4. The summed E-state index contributed by atoms with van der Waals surface area (Å²) < 4.78 is 29.1. The molecule has 1 aliphatic heterocycles. The Morgan fingerprint density at radius 2 is 1.20 bits per heavy atom. The van der Waals surface area contributed by atoms with E-state index in [9.17, 15) is 52.2 Å². The number of hydrogen-bond acceptors (Lipinski definition) is 12. The molecule has 0 aliphatic carbocycles. The first-order valence-electron chi connectivity index (χ1n) is 16.1. The van der Waals surface area contributed by atoms with Crippen molar-refractivity contribution < 1.29 is 42.5 Å². The average molecular weight is 740 g/mol. The number of sulfone groups is 1. The highest BCUT2D eigenvalue weighted by molar-refractivity contribution is 7.90. The van der Waals surface area contributed by atoms with Crippen molar-refractivity contribution in [2.24, 2.45) is 5.41 Å². The lowest BCUT2D eigenvalue weighted by molar-refractivity contribution is -0.157. The van der Waals surface area contributed by atoms with Crippen LogP contribution in [-0.2, 0) is 43.8 Å². The molecule has 284 valence electrons. The molecule has 18 heteroatoms. The first-order chi connectivity index (χ1) is 23.7. The van der Waals surface area contributed by atoms with Gasteiger partial charge in [0.25, 0.3) is 0 Å². The SMILES string of the molecule is C=CCn1c(=O)n(CC(O)CC)c(=O)n(CC(O)CC)c1=O.CCC1(CC)C(=O)N(C)C(=O)N(C)C1=O.COC(=O)c1ccc(S(C)(=O)=O)cc1. The summed E-state index contributed by atoms with van der Waals surface area (Å²) in [4.78, 5) is 85.4.